The van der Waals surface area contributed by atoms with Crippen molar-refractivity contribution in [3.63, 3.8) is 0 Å². The topological polar surface area (TPSA) is 48.5 Å². The molecule has 1 aliphatic carbocycles. The molecule has 12 rings (SSSR count). The normalized spacial score (nSPS) is 13.1. The first-order valence-corrected chi connectivity index (χ1v) is 20.2. The van der Waals surface area contributed by atoms with Crippen LogP contribution in [0.2, 0.25) is 0 Å². The minimum Gasteiger partial charge on any atom is -0.278 e. The summed E-state index contributed by atoms with van der Waals surface area (Å²) in [6, 6.07) is 67.2. The van der Waals surface area contributed by atoms with Gasteiger partial charge in [0, 0.05) is 32.5 Å². The molecule has 0 N–H and O–H groups in total. The van der Waals surface area contributed by atoms with Gasteiger partial charge in [-0.1, -0.05) is 166 Å². The van der Waals surface area contributed by atoms with E-state index in [0.717, 1.165) is 65.9 Å². The first-order valence-electron chi connectivity index (χ1n) is 20.2. The Morgan fingerprint density at radius 1 is 0.339 bits per heavy atom. The van der Waals surface area contributed by atoms with Crippen molar-refractivity contribution in [2.24, 2.45) is 0 Å². The van der Waals surface area contributed by atoms with Gasteiger partial charge in [-0.05, 0) is 80.9 Å². The van der Waals surface area contributed by atoms with E-state index in [1.165, 1.54) is 27.8 Å². The minimum atomic E-state index is -0.0947. The lowest BCUT2D eigenvalue weighted by atomic mass is 9.81. The van der Waals surface area contributed by atoms with Crippen LogP contribution in [0.1, 0.15) is 25.0 Å². The van der Waals surface area contributed by atoms with E-state index in [-0.39, 0.29) is 5.41 Å². The van der Waals surface area contributed by atoms with Gasteiger partial charge in [0.05, 0.1) is 22.1 Å². The maximum Gasteiger partial charge on any atom is 0.240 e. The SMILES string of the molecule is CC1(C)c2ccccc2-c2ccc(-c3cccc(-c4nc(-n5c6ccccc6c6ccccc65)nc(-n5c6ccccc6c6ccc(-c7ccccc7)cc65)n4)c3)cc21. The molecule has 3 aromatic heterocycles. The molecule has 8 aromatic carbocycles. The Labute approximate surface area is 341 Å². The molecule has 1 aliphatic rings. The van der Waals surface area contributed by atoms with Gasteiger partial charge in [-0.2, -0.15) is 15.0 Å². The van der Waals surface area contributed by atoms with Gasteiger partial charge in [0.1, 0.15) is 0 Å². The third kappa shape index (κ3) is 5.08. The van der Waals surface area contributed by atoms with Crippen molar-refractivity contribution in [1.29, 1.82) is 0 Å². The van der Waals surface area contributed by atoms with Crippen LogP contribution in [0.25, 0.3) is 100 Å². The zero-order valence-corrected chi connectivity index (χ0v) is 32.6. The van der Waals surface area contributed by atoms with Crippen LogP contribution in [0.3, 0.4) is 0 Å². The van der Waals surface area contributed by atoms with Crippen molar-refractivity contribution in [1.82, 2.24) is 24.1 Å². The number of aromatic nitrogens is 5. The molecule has 0 radical (unpaired) electrons. The minimum absolute atomic E-state index is 0.0947. The fourth-order valence-corrected chi connectivity index (χ4v) is 9.54. The standard InChI is InChI=1S/C54H37N5/c1-54(2)45-23-10-6-19-39(45)40-29-27-36(32-46(40)54)35-17-14-18-38(31-35)51-55-52(58-47-24-11-7-20-41(47)42-21-8-12-25-48(42)58)57-53(56-51)59-49-26-13-9-22-43(49)44-30-28-37(33-50(44)59)34-15-4-3-5-16-34/h3-33H,1-2H3. The van der Waals surface area contributed by atoms with Gasteiger partial charge < -0.3 is 0 Å². The van der Waals surface area contributed by atoms with Crippen LogP contribution in [0.15, 0.2) is 188 Å². The molecule has 0 bridgehead atoms. The zero-order valence-electron chi connectivity index (χ0n) is 32.6. The number of para-hydroxylation sites is 3. The second-order valence-electron chi connectivity index (χ2n) is 16.1. The summed E-state index contributed by atoms with van der Waals surface area (Å²) < 4.78 is 4.40. The van der Waals surface area contributed by atoms with E-state index >= 15 is 0 Å². The molecular formula is C54H37N5. The van der Waals surface area contributed by atoms with Gasteiger partial charge in [-0.25, -0.2) is 0 Å². The largest absolute Gasteiger partial charge is 0.278 e. The number of fused-ring (bicyclic) bond motifs is 9. The molecule has 5 nitrogen and oxygen atoms in total. The molecule has 0 aliphatic heterocycles. The zero-order chi connectivity index (χ0) is 39.2. The van der Waals surface area contributed by atoms with Crippen LogP contribution >= 0.6 is 0 Å². The number of nitrogens with zero attached hydrogens (tertiary/aromatic N) is 5. The third-order valence-corrected chi connectivity index (χ3v) is 12.4. The molecule has 0 atom stereocenters. The summed E-state index contributed by atoms with van der Waals surface area (Å²) in [5.41, 5.74) is 14.9. The smallest absolute Gasteiger partial charge is 0.240 e. The Hall–Kier alpha value is -7.63. The highest BCUT2D eigenvalue weighted by molar-refractivity contribution is 6.10. The Kier molecular flexibility index (Phi) is 7.20. The average Bonchev–Trinajstić information content (AvgIpc) is 3.89. The number of rotatable bonds is 5. The lowest BCUT2D eigenvalue weighted by molar-refractivity contribution is 0.660. The summed E-state index contributed by atoms with van der Waals surface area (Å²) in [6.45, 7) is 4.66. The fraction of sp³-hybridized carbons (Fsp3) is 0.0556. The average molecular weight is 756 g/mol. The molecule has 0 spiro atoms. The number of hydrogen-bond acceptors (Lipinski definition) is 3. The van der Waals surface area contributed by atoms with E-state index in [1.807, 2.05) is 0 Å². The van der Waals surface area contributed by atoms with E-state index < -0.39 is 0 Å². The van der Waals surface area contributed by atoms with Crippen molar-refractivity contribution in [2.45, 2.75) is 19.3 Å². The Morgan fingerprint density at radius 3 is 1.53 bits per heavy atom. The van der Waals surface area contributed by atoms with Crippen LogP contribution < -0.4 is 0 Å². The molecule has 0 unspecified atom stereocenters. The van der Waals surface area contributed by atoms with Crippen molar-refractivity contribution < 1.29 is 0 Å². The number of benzene rings is 8. The predicted molar refractivity (Wildman–Crippen MR) is 242 cm³/mol. The van der Waals surface area contributed by atoms with Crippen LogP contribution in [0.4, 0.5) is 0 Å². The van der Waals surface area contributed by atoms with Crippen LogP contribution in [-0.4, -0.2) is 24.1 Å². The van der Waals surface area contributed by atoms with E-state index in [9.17, 15) is 0 Å². The van der Waals surface area contributed by atoms with Crippen LogP contribution in [0, 0.1) is 0 Å². The third-order valence-electron chi connectivity index (χ3n) is 12.4. The van der Waals surface area contributed by atoms with Crippen LogP contribution in [0.5, 0.6) is 0 Å². The highest BCUT2D eigenvalue weighted by Crippen LogP contribution is 2.49. The molecule has 5 heteroatoms. The second-order valence-corrected chi connectivity index (χ2v) is 16.1. The summed E-state index contributed by atoms with van der Waals surface area (Å²) in [5, 5.41) is 4.59. The van der Waals surface area contributed by atoms with E-state index in [0.29, 0.717) is 17.7 Å². The molecule has 0 saturated carbocycles. The van der Waals surface area contributed by atoms with Crippen molar-refractivity contribution in [3.05, 3.63) is 199 Å². The Bertz CT molecular complexity index is 3430. The summed E-state index contributed by atoms with van der Waals surface area (Å²) in [6.07, 6.45) is 0. The second kappa shape index (κ2) is 12.7. The van der Waals surface area contributed by atoms with Gasteiger partial charge in [0.2, 0.25) is 11.9 Å². The van der Waals surface area contributed by atoms with Crippen molar-refractivity contribution in [3.8, 4) is 56.7 Å². The van der Waals surface area contributed by atoms with E-state index in [1.54, 1.807) is 0 Å². The number of hydrogen-bond donors (Lipinski definition) is 0. The van der Waals surface area contributed by atoms with E-state index in [2.05, 4.69) is 211 Å². The van der Waals surface area contributed by atoms with Gasteiger partial charge >= 0.3 is 0 Å². The van der Waals surface area contributed by atoms with Gasteiger partial charge in [-0.3, -0.25) is 9.13 Å². The predicted octanol–water partition coefficient (Wildman–Crippen LogP) is 13.4. The molecule has 278 valence electrons. The maximum absolute atomic E-state index is 5.41. The highest BCUT2D eigenvalue weighted by Gasteiger charge is 2.35. The first kappa shape index (κ1) is 33.5. The summed E-state index contributed by atoms with van der Waals surface area (Å²) >= 11 is 0. The molecule has 11 aromatic rings. The van der Waals surface area contributed by atoms with E-state index in [4.69, 9.17) is 15.0 Å². The summed E-state index contributed by atoms with van der Waals surface area (Å²) in [4.78, 5) is 16.1. The van der Waals surface area contributed by atoms with Crippen LogP contribution in [-0.2, 0) is 5.41 Å². The van der Waals surface area contributed by atoms with Gasteiger partial charge in [-0.15, -0.1) is 0 Å². The quantitative estimate of drug-likeness (QED) is 0.176. The van der Waals surface area contributed by atoms with Crippen molar-refractivity contribution >= 4 is 43.6 Å². The molecule has 3 heterocycles. The fourth-order valence-electron chi connectivity index (χ4n) is 9.54. The lowest BCUT2D eigenvalue weighted by Crippen LogP contribution is -2.14. The highest BCUT2D eigenvalue weighted by atomic mass is 15.3. The molecule has 0 amide bonds. The lowest BCUT2D eigenvalue weighted by Gasteiger charge is -2.22. The summed E-state index contributed by atoms with van der Waals surface area (Å²) in [7, 11) is 0. The molecule has 0 fully saturated rings. The molecular weight excluding hydrogens is 719 g/mol. The monoisotopic (exact) mass is 755 g/mol. The molecule has 59 heavy (non-hydrogen) atoms. The Morgan fingerprint density at radius 2 is 0.831 bits per heavy atom. The van der Waals surface area contributed by atoms with Gasteiger partial charge in [0.25, 0.3) is 0 Å². The van der Waals surface area contributed by atoms with Crippen molar-refractivity contribution in [2.75, 3.05) is 0 Å². The summed E-state index contributed by atoms with van der Waals surface area (Å²) in [5.74, 6) is 1.73. The first-order chi connectivity index (χ1) is 29.0. The molecule has 0 saturated heterocycles. The Balaban J connectivity index is 1.10. The maximum atomic E-state index is 5.41. The van der Waals surface area contributed by atoms with Gasteiger partial charge in [0.15, 0.2) is 5.82 Å².